The van der Waals surface area contributed by atoms with Gasteiger partial charge in [-0.2, -0.15) is 5.10 Å². The van der Waals surface area contributed by atoms with Gasteiger partial charge in [0, 0.05) is 5.56 Å². The number of aryl methyl sites for hydroxylation is 1. The molecule has 2 aliphatic carbocycles. The lowest BCUT2D eigenvalue weighted by Gasteiger charge is -2.37. The van der Waals surface area contributed by atoms with Gasteiger partial charge in [0.2, 0.25) is 0 Å². The van der Waals surface area contributed by atoms with E-state index in [0.717, 1.165) is 11.4 Å². The molecule has 1 heterocycles. The summed E-state index contributed by atoms with van der Waals surface area (Å²) >= 11 is 0. The van der Waals surface area contributed by atoms with Crippen LogP contribution in [0.1, 0.15) is 63.0 Å². The normalized spacial score (nSPS) is 24.5. The van der Waals surface area contributed by atoms with Crippen LogP contribution >= 0.6 is 0 Å². The Morgan fingerprint density at radius 3 is 2.41 bits per heavy atom. The number of nitrogens with zero attached hydrogens (tertiary/aromatic N) is 2. The first-order valence-electron chi connectivity index (χ1n) is 7.00. The van der Waals surface area contributed by atoms with Crippen LogP contribution in [0.15, 0.2) is 6.20 Å². The number of anilines is 1. The van der Waals surface area contributed by atoms with Crippen LogP contribution in [0.5, 0.6) is 0 Å². The molecule has 1 aromatic rings. The number of nitrogens with two attached hydrogens (primary N) is 1. The maximum atomic E-state index is 6.08. The lowest BCUT2D eigenvalue weighted by atomic mass is 9.71. The minimum absolute atomic E-state index is 0.551. The third kappa shape index (κ3) is 1.85. The molecule has 3 heteroatoms. The van der Waals surface area contributed by atoms with Crippen molar-refractivity contribution in [2.45, 2.75) is 64.3 Å². The van der Waals surface area contributed by atoms with Gasteiger partial charge in [-0.05, 0) is 50.9 Å². The van der Waals surface area contributed by atoms with Crippen LogP contribution in [-0.2, 0) is 0 Å². The van der Waals surface area contributed by atoms with Crippen molar-refractivity contribution in [3.63, 3.8) is 0 Å². The van der Waals surface area contributed by atoms with Gasteiger partial charge in [-0.1, -0.05) is 12.8 Å². The van der Waals surface area contributed by atoms with Gasteiger partial charge in [-0.25, -0.2) is 4.68 Å². The minimum Gasteiger partial charge on any atom is -0.384 e. The Bertz CT molecular complexity index is 392. The highest BCUT2D eigenvalue weighted by Gasteiger charge is 2.38. The van der Waals surface area contributed by atoms with Crippen LogP contribution in [0, 0.1) is 12.3 Å². The molecule has 0 saturated heterocycles. The molecule has 2 saturated carbocycles. The summed E-state index contributed by atoms with van der Waals surface area (Å²) in [7, 11) is 0. The summed E-state index contributed by atoms with van der Waals surface area (Å²) in [6, 6.07) is 0.551. The van der Waals surface area contributed by atoms with Crippen LogP contribution < -0.4 is 5.73 Å². The average molecular weight is 233 g/mol. The predicted molar refractivity (Wildman–Crippen MR) is 69.8 cm³/mol. The first-order chi connectivity index (χ1) is 8.20. The van der Waals surface area contributed by atoms with Crippen molar-refractivity contribution in [2.24, 2.45) is 5.41 Å². The Labute approximate surface area is 103 Å². The van der Waals surface area contributed by atoms with E-state index in [2.05, 4.69) is 9.78 Å². The molecule has 2 N–H and O–H groups in total. The Morgan fingerprint density at radius 2 is 1.88 bits per heavy atom. The van der Waals surface area contributed by atoms with E-state index in [0.29, 0.717) is 11.5 Å². The van der Waals surface area contributed by atoms with Crippen molar-refractivity contribution in [1.29, 1.82) is 0 Å². The number of rotatable bonds is 1. The molecule has 0 atom stereocenters. The molecule has 2 fully saturated rings. The van der Waals surface area contributed by atoms with Crippen LogP contribution in [-0.4, -0.2) is 9.78 Å². The van der Waals surface area contributed by atoms with Crippen molar-refractivity contribution in [3.8, 4) is 0 Å². The third-order valence-corrected chi connectivity index (χ3v) is 5.05. The van der Waals surface area contributed by atoms with E-state index in [9.17, 15) is 0 Å². The molecule has 0 aliphatic heterocycles. The molecule has 3 rings (SSSR count). The second-order valence-electron chi connectivity index (χ2n) is 6.10. The van der Waals surface area contributed by atoms with E-state index in [-0.39, 0.29) is 0 Å². The fourth-order valence-electron chi connectivity index (χ4n) is 3.83. The maximum Gasteiger partial charge on any atom is 0.124 e. The fourth-order valence-corrected chi connectivity index (χ4v) is 3.83. The number of nitrogen functional groups attached to an aromatic ring is 1. The van der Waals surface area contributed by atoms with E-state index in [1.807, 2.05) is 13.1 Å². The van der Waals surface area contributed by atoms with E-state index < -0.39 is 0 Å². The predicted octanol–water partition coefficient (Wildman–Crippen LogP) is 3.45. The van der Waals surface area contributed by atoms with Gasteiger partial charge in [0.05, 0.1) is 12.2 Å². The van der Waals surface area contributed by atoms with Crippen molar-refractivity contribution in [3.05, 3.63) is 11.8 Å². The molecule has 94 valence electrons. The summed E-state index contributed by atoms with van der Waals surface area (Å²) < 4.78 is 2.07. The molecule has 0 amide bonds. The highest BCUT2D eigenvalue weighted by molar-refractivity contribution is 5.37. The van der Waals surface area contributed by atoms with E-state index in [1.165, 1.54) is 51.4 Å². The average Bonchev–Trinajstić information content (AvgIpc) is 2.91. The Hall–Kier alpha value is -0.990. The number of hydrogen-bond acceptors (Lipinski definition) is 2. The monoisotopic (exact) mass is 233 g/mol. The van der Waals surface area contributed by atoms with Crippen LogP contribution in [0.2, 0.25) is 0 Å². The molecule has 1 spiro atoms. The molecule has 0 unspecified atom stereocenters. The molecule has 0 radical (unpaired) electrons. The molecule has 2 aliphatic rings. The first-order valence-corrected chi connectivity index (χ1v) is 7.00. The fraction of sp³-hybridized carbons (Fsp3) is 0.786. The lowest BCUT2D eigenvalue weighted by molar-refractivity contribution is 0.153. The van der Waals surface area contributed by atoms with E-state index in [4.69, 9.17) is 5.73 Å². The van der Waals surface area contributed by atoms with Gasteiger partial charge < -0.3 is 5.73 Å². The van der Waals surface area contributed by atoms with Gasteiger partial charge in [-0.15, -0.1) is 0 Å². The van der Waals surface area contributed by atoms with Gasteiger partial charge in [0.1, 0.15) is 5.82 Å². The SMILES string of the molecule is Cc1cnn(C2CCC3(CCCC3)CC2)c1N. The molecule has 0 aromatic carbocycles. The zero-order valence-electron chi connectivity index (χ0n) is 10.8. The van der Waals surface area contributed by atoms with Crippen molar-refractivity contribution >= 4 is 5.82 Å². The lowest BCUT2D eigenvalue weighted by Crippen LogP contribution is -2.27. The highest BCUT2D eigenvalue weighted by atomic mass is 15.3. The second kappa shape index (κ2) is 4.04. The van der Waals surface area contributed by atoms with Gasteiger partial charge in [-0.3, -0.25) is 0 Å². The largest absolute Gasteiger partial charge is 0.384 e. The number of hydrogen-bond donors (Lipinski definition) is 1. The van der Waals surface area contributed by atoms with Crippen molar-refractivity contribution < 1.29 is 0 Å². The van der Waals surface area contributed by atoms with Crippen molar-refractivity contribution in [1.82, 2.24) is 9.78 Å². The van der Waals surface area contributed by atoms with Crippen LogP contribution in [0.25, 0.3) is 0 Å². The van der Waals surface area contributed by atoms with Gasteiger partial charge in [0.15, 0.2) is 0 Å². The summed E-state index contributed by atoms with van der Waals surface area (Å²) in [6.45, 7) is 2.04. The standard InChI is InChI=1S/C14H23N3/c1-11-10-16-17(13(11)15)12-4-8-14(9-5-12)6-2-3-7-14/h10,12H,2-9,15H2,1H3. The van der Waals surface area contributed by atoms with Crippen LogP contribution in [0.3, 0.4) is 0 Å². The zero-order valence-corrected chi connectivity index (χ0v) is 10.8. The Kier molecular flexibility index (Phi) is 2.64. The Balaban J connectivity index is 1.71. The summed E-state index contributed by atoms with van der Waals surface area (Å²) in [5, 5.41) is 4.45. The summed E-state index contributed by atoms with van der Waals surface area (Å²) in [6.07, 6.45) is 13.0. The van der Waals surface area contributed by atoms with E-state index in [1.54, 1.807) is 0 Å². The maximum absolute atomic E-state index is 6.08. The van der Waals surface area contributed by atoms with Gasteiger partial charge in [0.25, 0.3) is 0 Å². The smallest absolute Gasteiger partial charge is 0.124 e. The molecular formula is C14H23N3. The second-order valence-corrected chi connectivity index (χ2v) is 6.10. The quantitative estimate of drug-likeness (QED) is 0.807. The summed E-state index contributed by atoms with van der Waals surface area (Å²) in [4.78, 5) is 0. The topological polar surface area (TPSA) is 43.8 Å². The van der Waals surface area contributed by atoms with Crippen molar-refractivity contribution in [2.75, 3.05) is 5.73 Å². The molecule has 1 aromatic heterocycles. The van der Waals surface area contributed by atoms with Crippen LogP contribution in [0.4, 0.5) is 5.82 Å². The summed E-state index contributed by atoms with van der Waals surface area (Å²) in [5.41, 5.74) is 7.90. The molecule has 0 bridgehead atoms. The highest BCUT2D eigenvalue weighted by Crippen LogP contribution is 2.51. The summed E-state index contributed by atoms with van der Waals surface area (Å²) in [5.74, 6) is 0.873. The molecule has 3 nitrogen and oxygen atoms in total. The minimum atomic E-state index is 0.551. The van der Waals surface area contributed by atoms with Gasteiger partial charge >= 0.3 is 0 Å². The first kappa shape index (κ1) is 11.1. The Morgan fingerprint density at radius 1 is 1.24 bits per heavy atom. The molecular weight excluding hydrogens is 210 g/mol. The number of aromatic nitrogens is 2. The molecule has 17 heavy (non-hydrogen) atoms. The van der Waals surface area contributed by atoms with E-state index >= 15 is 0 Å². The third-order valence-electron chi connectivity index (χ3n) is 5.05. The zero-order chi connectivity index (χ0) is 11.9.